The third-order valence-corrected chi connectivity index (χ3v) is 6.79. The van der Waals surface area contributed by atoms with Gasteiger partial charge in [-0.2, -0.15) is 16.8 Å². The van der Waals surface area contributed by atoms with E-state index in [0.29, 0.717) is 12.8 Å². The van der Waals surface area contributed by atoms with Crippen LogP contribution in [0.4, 0.5) is 0 Å². The zero-order valence-electron chi connectivity index (χ0n) is 16.1. The van der Waals surface area contributed by atoms with Gasteiger partial charge in [0.15, 0.2) is 0 Å². The Hall–Kier alpha value is -1.74. The Balaban J connectivity index is 1.63. The Labute approximate surface area is 167 Å². The van der Waals surface area contributed by atoms with E-state index in [4.69, 9.17) is 8.37 Å². The highest BCUT2D eigenvalue weighted by Gasteiger charge is 2.15. The Morgan fingerprint density at radius 3 is 1.21 bits per heavy atom. The van der Waals surface area contributed by atoms with Crippen LogP contribution in [0.3, 0.4) is 0 Å². The fourth-order valence-corrected chi connectivity index (χ4v) is 4.33. The number of hydrogen-bond donors (Lipinski definition) is 0. The number of hydrogen-bond acceptors (Lipinski definition) is 6. The Kier molecular flexibility index (Phi) is 8.18. The van der Waals surface area contributed by atoms with Crippen molar-refractivity contribution in [2.24, 2.45) is 0 Å². The second-order valence-electron chi connectivity index (χ2n) is 6.59. The molecule has 0 saturated carbocycles. The lowest BCUT2D eigenvalue weighted by Crippen LogP contribution is -2.08. The van der Waals surface area contributed by atoms with Gasteiger partial charge in [0.1, 0.15) is 0 Å². The summed E-state index contributed by atoms with van der Waals surface area (Å²) in [5.74, 6) is 0. The summed E-state index contributed by atoms with van der Waals surface area (Å²) in [7, 11) is -7.46. The summed E-state index contributed by atoms with van der Waals surface area (Å²) in [5.41, 5.74) is 1.95. The number of benzene rings is 2. The van der Waals surface area contributed by atoms with E-state index in [1.165, 1.54) is 24.3 Å². The van der Waals surface area contributed by atoms with Gasteiger partial charge < -0.3 is 0 Å². The van der Waals surface area contributed by atoms with Crippen molar-refractivity contribution in [2.45, 2.75) is 49.3 Å². The van der Waals surface area contributed by atoms with Gasteiger partial charge in [-0.3, -0.25) is 8.37 Å². The summed E-state index contributed by atoms with van der Waals surface area (Å²) in [4.78, 5) is 0.292. The van der Waals surface area contributed by atoms with E-state index < -0.39 is 20.2 Å². The first-order chi connectivity index (χ1) is 13.2. The molecule has 0 fully saturated rings. The zero-order chi connectivity index (χ0) is 20.6. The highest BCUT2D eigenvalue weighted by atomic mass is 32.2. The molecule has 0 heterocycles. The third kappa shape index (κ3) is 7.01. The lowest BCUT2D eigenvalue weighted by atomic mass is 10.2. The maximum Gasteiger partial charge on any atom is 0.296 e. The molecule has 0 bridgehead atoms. The summed E-state index contributed by atoms with van der Waals surface area (Å²) in [6.45, 7) is 3.96. The van der Waals surface area contributed by atoms with Crippen LogP contribution in [0.5, 0.6) is 0 Å². The van der Waals surface area contributed by atoms with Crippen molar-refractivity contribution < 1.29 is 25.2 Å². The molecule has 154 valence electrons. The molecule has 8 heteroatoms. The lowest BCUT2D eigenvalue weighted by molar-refractivity contribution is 0.290. The van der Waals surface area contributed by atoms with Crippen molar-refractivity contribution in [3.8, 4) is 0 Å². The molecule has 28 heavy (non-hydrogen) atoms. The molecule has 6 nitrogen and oxygen atoms in total. The average Bonchev–Trinajstić information content (AvgIpc) is 2.64. The Morgan fingerprint density at radius 2 is 0.893 bits per heavy atom. The summed E-state index contributed by atoms with van der Waals surface area (Å²) in [6.07, 6.45) is 2.57. The normalized spacial score (nSPS) is 12.2. The van der Waals surface area contributed by atoms with E-state index in [0.717, 1.165) is 24.0 Å². The van der Waals surface area contributed by atoms with Gasteiger partial charge in [-0.05, 0) is 51.0 Å². The fourth-order valence-electron chi connectivity index (χ4n) is 2.44. The van der Waals surface area contributed by atoms with Crippen LogP contribution < -0.4 is 0 Å². The topological polar surface area (TPSA) is 86.7 Å². The van der Waals surface area contributed by atoms with Gasteiger partial charge in [0.2, 0.25) is 0 Å². The SMILES string of the molecule is Cc1ccc(S(=O)(=O)OCCCCCCOS(=O)(=O)c2ccc(C)cc2)cc1. The second kappa shape index (κ2) is 10.2. The zero-order valence-corrected chi connectivity index (χ0v) is 17.8. The van der Waals surface area contributed by atoms with E-state index in [-0.39, 0.29) is 23.0 Å². The molecule has 2 aromatic rings. The molecule has 0 N–H and O–H groups in total. The Bertz CT molecular complexity index is 865. The monoisotopic (exact) mass is 426 g/mol. The minimum Gasteiger partial charge on any atom is -0.266 e. The molecule has 0 unspecified atom stereocenters. The molecule has 0 spiro atoms. The van der Waals surface area contributed by atoms with Crippen molar-refractivity contribution in [3.05, 3.63) is 59.7 Å². The molecule has 0 saturated heterocycles. The van der Waals surface area contributed by atoms with Crippen LogP contribution in [0.15, 0.2) is 58.3 Å². The number of rotatable bonds is 11. The van der Waals surface area contributed by atoms with E-state index in [1.807, 2.05) is 13.8 Å². The lowest BCUT2D eigenvalue weighted by Gasteiger charge is -2.07. The van der Waals surface area contributed by atoms with Crippen molar-refractivity contribution in [1.82, 2.24) is 0 Å². The molecular weight excluding hydrogens is 400 g/mol. The summed E-state index contributed by atoms with van der Waals surface area (Å²) in [5, 5.41) is 0. The van der Waals surface area contributed by atoms with E-state index >= 15 is 0 Å². The van der Waals surface area contributed by atoms with Crippen LogP contribution >= 0.6 is 0 Å². The minimum absolute atomic E-state index is 0.0960. The largest absolute Gasteiger partial charge is 0.296 e. The van der Waals surface area contributed by atoms with E-state index in [9.17, 15) is 16.8 Å². The first-order valence-electron chi connectivity index (χ1n) is 9.13. The first kappa shape index (κ1) is 22.5. The molecule has 0 aliphatic carbocycles. The molecular formula is C20H26O6S2. The molecule has 0 aliphatic heterocycles. The van der Waals surface area contributed by atoms with E-state index in [2.05, 4.69) is 0 Å². The summed E-state index contributed by atoms with van der Waals surface area (Å²) < 4.78 is 58.2. The van der Waals surface area contributed by atoms with Crippen molar-refractivity contribution in [2.75, 3.05) is 13.2 Å². The van der Waals surface area contributed by atoms with Crippen LogP contribution in [-0.4, -0.2) is 30.0 Å². The quantitative estimate of drug-likeness (QED) is 0.399. The Morgan fingerprint density at radius 1 is 0.571 bits per heavy atom. The van der Waals surface area contributed by atoms with Gasteiger partial charge in [-0.1, -0.05) is 48.2 Å². The molecule has 2 rings (SSSR count). The summed E-state index contributed by atoms with van der Waals surface area (Å²) >= 11 is 0. The van der Waals surface area contributed by atoms with Crippen LogP contribution in [-0.2, 0) is 28.6 Å². The van der Waals surface area contributed by atoms with E-state index in [1.54, 1.807) is 24.3 Å². The second-order valence-corrected chi connectivity index (χ2v) is 9.82. The first-order valence-corrected chi connectivity index (χ1v) is 11.9. The number of aryl methyl sites for hydroxylation is 2. The van der Waals surface area contributed by atoms with Crippen molar-refractivity contribution in [3.63, 3.8) is 0 Å². The molecule has 0 radical (unpaired) electrons. The van der Waals surface area contributed by atoms with Crippen LogP contribution in [0.2, 0.25) is 0 Å². The predicted octanol–water partition coefficient (Wildman–Crippen LogP) is 3.97. The standard InChI is InChI=1S/C20H26O6S2/c1-17-7-11-19(12-8-17)27(21,22)25-15-5-3-4-6-16-26-28(23,24)20-13-9-18(2)10-14-20/h7-14H,3-6,15-16H2,1-2H3. The van der Waals surface area contributed by atoms with Crippen molar-refractivity contribution in [1.29, 1.82) is 0 Å². The maximum atomic E-state index is 12.0. The third-order valence-electron chi connectivity index (χ3n) is 4.13. The van der Waals surface area contributed by atoms with Gasteiger partial charge in [0.05, 0.1) is 23.0 Å². The highest BCUT2D eigenvalue weighted by molar-refractivity contribution is 7.87. The fraction of sp³-hybridized carbons (Fsp3) is 0.400. The predicted molar refractivity (Wildman–Crippen MR) is 107 cm³/mol. The smallest absolute Gasteiger partial charge is 0.266 e. The molecule has 0 aliphatic rings. The maximum absolute atomic E-state index is 12.0. The van der Waals surface area contributed by atoms with Crippen LogP contribution in [0, 0.1) is 13.8 Å². The highest BCUT2D eigenvalue weighted by Crippen LogP contribution is 2.15. The van der Waals surface area contributed by atoms with Gasteiger partial charge in [-0.25, -0.2) is 0 Å². The number of unbranched alkanes of at least 4 members (excludes halogenated alkanes) is 3. The van der Waals surface area contributed by atoms with Crippen molar-refractivity contribution >= 4 is 20.2 Å². The summed E-state index contributed by atoms with van der Waals surface area (Å²) in [6, 6.07) is 13.0. The molecule has 0 aromatic heterocycles. The van der Waals surface area contributed by atoms with Crippen LogP contribution in [0.25, 0.3) is 0 Å². The minimum atomic E-state index is -3.73. The van der Waals surface area contributed by atoms with Gasteiger partial charge in [0, 0.05) is 0 Å². The molecule has 0 atom stereocenters. The van der Waals surface area contributed by atoms with Gasteiger partial charge in [0.25, 0.3) is 20.2 Å². The molecule has 0 amide bonds. The van der Waals surface area contributed by atoms with Gasteiger partial charge in [-0.15, -0.1) is 0 Å². The molecule has 2 aromatic carbocycles. The van der Waals surface area contributed by atoms with Gasteiger partial charge >= 0.3 is 0 Å². The average molecular weight is 427 g/mol. The van der Waals surface area contributed by atoms with Crippen LogP contribution in [0.1, 0.15) is 36.8 Å².